The zero-order chi connectivity index (χ0) is 77.4. The maximum Gasteiger partial charge on any atom is 1.00 e. The molecule has 0 amide bonds. The molecule has 39 heteroatoms. The van der Waals surface area contributed by atoms with Gasteiger partial charge in [-0.1, -0.05) is 89.3 Å². The number of hydrogen-bond acceptors (Lipinski definition) is 21. The molecule has 0 aliphatic rings. The summed E-state index contributed by atoms with van der Waals surface area (Å²) in [5, 5.41) is 57.7. The number of carbonyl (C=O) groups is 6. The molecule has 0 saturated heterocycles. The summed E-state index contributed by atoms with van der Waals surface area (Å²) < 4.78 is 84.6. The number of furan rings is 3. The van der Waals surface area contributed by atoms with E-state index >= 15 is 0 Å². The molecule has 0 bridgehead atoms. The van der Waals surface area contributed by atoms with Crippen LogP contribution < -0.4 is 132 Å². The van der Waals surface area contributed by atoms with Crippen molar-refractivity contribution in [2.75, 3.05) is 40.9 Å². The third kappa shape index (κ3) is 42.8. The number of fused-ring (bicyclic) bond motifs is 3. The molecule has 5 N–H and O–H groups in total. The molecule has 6 aromatic carbocycles. The van der Waals surface area contributed by atoms with Crippen LogP contribution in [0.25, 0.3) is 32.9 Å². The second kappa shape index (κ2) is 60.0. The van der Waals surface area contributed by atoms with E-state index in [2.05, 4.69) is 64.9 Å². The van der Waals surface area contributed by atoms with Crippen molar-refractivity contribution in [3.63, 3.8) is 0 Å². The molecule has 0 radical (unpaired) electrons. The molecular formula is C66H70AlCl9F3K2LiO22S. The number of rotatable bonds is 13. The first-order valence-electron chi connectivity index (χ1n) is 27.1. The van der Waals surface area contributed by atoms with Crippen molar-refractivity contribution in [1.29, 1.82) is 0 Å². The minimum atomic E-state index is -1.67. The first kappa shape index (κ1) is 110. The molecule has 9 aromatic rings. The Morgan fingerprint density at radius 2 is 0.867 bits per heavy atom. The molecule has 0 aliphatic heterocycles. The smallest absolute Gasteiger partial charge is 1.00 e. The fourth-order valence-corrected chi connectivity index (χ4v) is 8.78. The number of esters is 4. The van der Waals surface area contributed by atoms with Gasteiger partial charge < -0.3 is 75.5 Å². The number of carbonyl (C=O) groups excluding carboxylic acids is 5. The summed E-state index contributed by atoms with van der Waals surface area (Å²) in [6.07, 6.45) is -0.198. The molecule has 0 aliphatic carbocycles. The molecule has 105 heavy (non-hydrogen) atoms. The van der Waals surface area contributed by atoms with E-state index in [-0.39, 0.29) is 234 Å². The van der Waals surface area contributed by atoms with Crippen molar-refractivity contribution in [2.24, 2.45) is 0 Å². The summed E-state index contributed by atoms with van der Waals surface area (Å²) in [6.45, 7) is 13.7. The number of aryl methyl sites for hydroxylation is 3. The number of aromatic hydroxyl groups is 2. The van der Waals surface area contributed by atoms with E-state index < -0.39 is 50.6 Å². The third-order valence-corrected chi connectivity index (χ3v) is 12.9. The van der Waals surface area contributed by atoms with Crippen molar-refractivity contribution in [3.8, 4) is 17.2 Å². The zero-order valence-corrected chi connectivity index (χ0v) is 70.6. The summed E-state index contributed by atoms with van der Waals surface area (Å²) >= 11 is 39.5. The van der Waals surface area contributed by atoms with Gasteiger partial charge in [-0.25, -0.2) is 36.6 Å². The fourth-order valence-electron chi connectivity index (χ4n) is 7.47. The molecular weight excluding hydrogens is 1660 g/mol. The number of allylic oxidation sites excluding steroid dienone is 2. The number of halogens is 12. The van der Waals surface area contributed by atoms with Gasteiger partial charge in [0.15, 0.2) is 17.4 Å². The SMILES string of the molecule is C=C(F)CCl.C=C(F)COc1ccc(Cl)cc1C(=O)OC.C=C(F)Cc1cc(Cl)cc(C(=O)OC)c1O.COC(=O)c1cc(Cl)cc2cc(C)oc12.COC(=O)c1cc(Cl)ccc1O.Cc1cc2cc(Cl)cc(CO)c2o1.Cc1cc2cc(Cl)cc(CO)c2o1.O=CO.O=CO[O-].O=S(Cl)Cl.[2HH].[2HH].[AlH3].[H-].[H-].[K+].[K+].[Li+]. The van der Waals surface area contributed by atoms with Gasteiger partial charge in [0.25, 0.3) is 12.9 Å². The Labute approximate surface area is 760 Å². The van der Waals surface area contributed by atoms with Gasteiger partial charge >= 0.3 is 146 Å². The zero-order valence-electron chi connectivity index (χ0n) is 58.7. The summed E-state index contributed by atoms with van der Waals surface area (Å²) in [5.41, 5.74) is 4.12. The number of alkyl halides is 1. The molecule has 0 saturated carbocycles. The Morgan fingerprint density at radius 3 is 1.24 bits per heavy atom. The minimum Gasteiger partial charge on any atom is -1.00 e. The standard InChI is InChI=1S/2C11H10ClFO3.C11H9ClO3.2C10H9ClO2.C8H7ClO3.C3H4ClF.CH2O3.CH2O2.Al.Cl2OS.2K.Li.2H2.5H/c1-6(13)3-7-4-8(12)5-9(10(7)14)11(15)16-2;1-7(13)6-16-10-4-3-8(12)5-9(10)11(14)15-2;1-6-3-7-4-8(12)5-9(10(7)15-6)11(13)14-2;2*1-6-2-7-3-9(11)4-8(5-12)10(7)13-6;1-12-8(11)6-4-5(9)2-3-7(6)10;1-3(5)2-4;2-1-4-3;2-1-3;;1-4(2)3;;;;;;;;;;/h4-5,14H,1,3H2,2H3;3-5H,1,6H2,2H3;3-5H,1-2H3;2*2-4,12H,5H2,1H3;2-4,10H,1H3;1-2H2;1,3H;1H,(H,2,3);;;;;;2*1H;;;;;/q;;;;;;;;;;;3*+1;;;;;;2*-1/p-1/i;;;;;;;;;;;;;;2*1+1;;;;;. The number of ether oxygens (including phenoxy) is 5. The van der Waals surface area contributed by atoms with Gasteiger partial charge in [-0.3, -0.25) is 9.59 Å². The van der Waals surface area contributed by atoms with Crippen molar-refractivity contribution in [2.45, 2.75) is 40.4 Å². The second-order valence-corrected chi connectivity index (χ2v) is 24.0. The molecule has 9 rings (SSSR count). The average molecular weight is 1740 g/mol. The predicted octanol–water partition coefficient (Wildman–Crippen LogP) is 8.07. The van der Waals surface area contributed by atoms with E-state index in [0.29, 0.717) is 36.3 Å². The van der Waals surface area contributed by atoms with E-state index in [1.54, 1.807) is 24.3 Å². The molecule has 0 fully saturated rings. The number of hydrogen-bond donors (Lipinski definition) is 5. The van der Waals surface area contributed by atoms with E-state index in [9.17, 15) is 42.6 Å². The van der Waals surface area contributed by atoms with Crippen LogP contribution in [0.3, 0.4) is 0 Å². The maximum atomic E-state index is 12.6. The molecule has 0 atom stereocenters. The molecule has 562 valence electrons. The Hall–Kier alpha value is -3.79. The Bertz CT molecular complexity index is 4240. The number of methoxy groups -OCH3 is 4. The van der Waals surface area contributed by atoms with Crippen molar-refractivity contribution in [1.82, 2.24) is 0 Å². The van der Waals surface area contributed by atoms with Crippen LogP contribution in [0.15, 0.2) is 154 Å². The summed E-state index contributed by atoms with van der Waals surface area (Å²) in [6, 6.07) is 27.2. The Balaban J connectivity index is -0.000000149. The van der Waals surface area contributed by atoms with Crippen LogP contribution in [0, 0.1) is 20.8 Å². The van der Waals surface area contributed by atoms with Gasteiger partial charge in [0, 0.05) is 93.6 Å². The van der Waals surface area contributed by atoms with Crippen LogP contribution in [0.2, 0.25) is 30.1 Å². The van der Waals surface area contributed by atoms with Crippen LogP contribution in [0.5, 0.6) is 17.2 Å². The van der Waals surface area contributed by atoms with Gasteiger partial charge in [0.2, 0.25) is 9.23 Å². The van der Waals surface area contributed by atoms with E-state index in [1.807, 2.05) is 51.1 Å². The van der Waals surface area contributed by atoms with Crippen LogP contribution in [0.1, 0.15) is 81.1 Å². The number of phenols is 2. The first-order chi connectivity index (χ1) is 47.5. The van der Waals surface area contributed by atoms with Gasteiger partial charge in [0.05, 0.1) is 53.4 Å². The fraction of sp³-hybridized carbons (Fsp3) is 0.182. The number of phenolic OH excluding ortho intramolecular Hbond substituents is 2. The van der Waals surface area contributed by atoms with Gasteiger partial charge in [-0.05, 0) is 124 Å². The number of aliphatic hydroxyl groups excluding tert-OH is 2. The topological polar surface area (TPSA) is 338 Å². The van der Waals surface area contributed by atoms with Crippen molar-refractivity contribution in [3.05, 3.63) is 227 Å². The Kier molecular flexibility index (Phi) is 62.8. The summed E-state index contributed by atoms with van der Waals surface area (Å²) in [7, 11) is 12.3. The van der Waals surface area contributed by atoms with Crippen molar-refractivity contribution >= 4 is 199 Å². The van der Waals surface area contributed by atoms with E-state index in [1.165, 1.54) is 77.0 Å². The number of carboxylic acid groups (broad SMARTS) is 1. The third-order valence-electron chi connectivity index (χ3n) is 11.2. The minimum absolute atomic E-state index is 0. The first-order valence-corrected chi connectivity index (χ1v) is 32.8. The van der Waals surface area contributed by atoms with E-state index in [0.717, 1.165) is 55.7 Å². The van der Waals surface area contributed by atoms with Gasteiger partial charge in [-0.2, -0.15) is 0 Å². The van der Waals surface area contributed by atoms with Crippen LogP contribution in [-0.2, 0) is 62.3 Å². The van der Waals surface area contributed by atoms with Crippen LogP contribution in [0.4, 0.5) is 13.2 Å². The maximum absolute atomic E-state index is 12.6. The van der Waals surface area contributed by atoms with E-state index in [4.69, 9.17) is 134 Å². The predicted molar refractivity (Wildman–Crippen MR) is 396 cm³/mol. The quantitative estimate of drug-likeness (QED) is 0.0106. The van der Waals surface area contributed by atoms with Crippen LogP contribution in [-0.4, -0.2) is 125 Å². The molecule has 0 unspecified atom stereocenters. The molecule has 3 aromatic heterocycles. The summed E-state index contributed by atoms with van der Waals surface area (Å²) in [4.78, 5) is 64.6. The monoisotopic (exact) mass is 1730 g/mol. The van der Waals surface area contributed by atoms with Crippen LogP contribution >= 0.6 is 103 Å². The average Bonchev–Trinajstić information content (AvgIpc) is 1.69. The largest absolute Gasteiger partial charge is 1.00 e. The second-order valence-electron chi connectivity index (χ2n) is 18.6. The number of aliphatic hydroxyl groups is 2. The molecule has 0 spiro atoms. The number of benzene rings is 6. The van der Waals surface area contributed by atoms with Gasteiger partial charge in [-0.15, -0.1) is 11.6 Å². The summed E-state index contributed by atoms with van der Waals surface area (Å²) in [5.74, 6) is -2.09. The normalized spacial score (nSPS) is 9.32. The molecule has 3 heterocycles. The molecule has 22 nitrogen and oxygen atoms in total. The van der Waals surface area contributed by atoms with Gasteiger partial charge in [0.1, 0.15) is 91.8 Å². The van der Waals surface area contributed by atoms with Crippen molar-refractivity contribution < 1.29 is 246 Å². The Morgan fingerprint density at radius 1 is 0.552 bits per heavy atom.